The van der Waals surface area contributed by atoms with Gasteiger partial charge in [0.25, 0.3) is 0 Å². The number of hydrogen-bond donors (Lipinski definition) is 0. The number of Topliss-reactive ketones (excluding diaryl/α,β-unsaturated/α-hetero) is 1. The van der Waals surface area contributed by atoms with Crippen molar-refractivity contribution in [2.45, 2.75) is 39.5 Å². The number of hydrogen-bond acceptors (Lipinski definition) is 1. The Balaban J connectivity index is 2.24. The molecule has 2 rings (SSSR count). The molecular weight excluding hydrogens is 136 g/mol. The molecule has 11 heavy (non-hydrogen) atoms. The molecule has 0 saturated heterocycles. The predicted octanol–water partition coefficient (Wildman–Crippen LogP) is 2.40. The zero-order valence-corrected chi connectivity index (χ0v) is 7.39. The van der Waals surface area contributed by atoms with Gasteiger partial charge in [-0.2, -0.15) is 0 Å². The first kappa shape index (κ1) is 7.33. The second kappa shape index (κ2) is 2.09. The zero-order chi connectivity index (χ0) is 8.06. The third kappa shape index (κ3) is 0.935. The van der Waals surface area contributed by atoms with E-state index in [9.17, 15) is 4.79 Å². The van der Waals surface area contributed by atoms with Gasteiger partial charge in [-0.3, -0.25) is 4.79 Å². The van der Waals surface area contributed by atoms with Crippen molar-refractivity contribution in [2.24, 2.45) is 17.3 Å². The minimum atomic E-state index is 0.0944. The van der Waals surface area contributed by atoms with Gasteiger partial charge < -0.3 is 0 Å². The third-order valence-corrected chi connectivity index (χ3v) is 3.79. The molecule has 3 atom stereocenters. The van der Waals surface area contributed by atoms with Crippen LogP contribution in [0.3, 0.4) is 0 Å². The molecule has 0 aromatic heterocycles. The minimum Gasteiger partial charge on any atom is -0.299 e. The molecule has 2 aliphatic carbocycles. The van der Waals surface area contributed by atoms with E-state index < -0.39 is 0 Å². The van der Waals surface area contributed by atoms with E-state index in [2.05, 4.69) is 13.8 Å². The van der Waals surface area contributed by atoms with Crippen LogP contribution in [0.2, 0.25) is 0 Å². The number of carbonyl (C=O) groups excluding carboxylic acids is 1. The van der Waals surface area contributed by atoms with Crippen LogP contribution in [-0.4, -0.2) is 5.78 Å². The molecule has 0 amide bonds. The Morgan fingerprint density at radius 1 is 1.55 bits per heavy atom. The maximum absolute atomic E-state index is 11.5. The fourth-order valence-electron chi connectivity index (χ4n) is 2.68. The lowest BCUT2D eigenvalue weighted by Gasteiger charge is -2.31. The Labute approximate surface area is 68.2 Å². The van der Waals surface area contributed by atoms with Crippen LogP contribution in [0, 0.1) is 17.3 Å². The second-order valence-electron chi connectivity index (χ2n) is 4.67. The van der Waals surface area contributed by atoms with Gasteiger partial charge in [0, 0.05) is 11.8 Å². The van der Waals surface area contributed by atoms with Crippen molar-refractivity contribution in [3.05, 3.63) is 0 Å². The molecule has 2 fully saturated rings. The molecule has 2 saturated carbocycles. The summed E-state index contributed by atoms with van der Waals surface area (Å²) < 4.78 is 0. The van der Waals surface area contributed by atoms with Crippen LogP contribution in [-0.2, 0) is 4.79 Å². The van der Waals surface area contributed by atoms with Crippen molar-refractivity contribution in [3.8, 4) is 0 Å². The number of ketones is 1. The first-order chi connectivity index (χ1) is 5.12. The minimum absolute atomic E-state index is 0.0944. The predicted molar refractivity (Wildman–Crippen MR) is 44.2 cm³/mol. The van der Waals surface area contributed by atoms with Crippen molar-refractivity contribution >= 4 is 5.78 Å². The zero-order valence-electron chi connectivity index (χ0n) is 7.39. The number of carbonyl (C=O) groups is 1. The van der Waals surface area contributed by atoms with Crippen LogP contribution < -0.4 is 0 Å². The standard InChI is InChI=1S/C10H16O/c1-7-3-4-10(2)6-8(7)5-9(10)11/h7-8H,3-6H2,1-2H3/t7-,8+,10+/m1/s1. The van der Waals surface area contributed by atoms with E-state index in [4.69, 9.17) is 0 Å². The van der Waals surface area contributed by atoms with Crippen LogP contribution in [0.25, 0.3) is 0 Å². The molecule has 0 aromatic carbocycles. The highest BCUT2D eigenvalue weighted by atomic mass is 16.1. The Morgan fingerprint density at radius 2 is 2.27 bits per heavy atom. The van der Waals surface area contributed by atoms with E-state index in [1.165, 1.54) is 12.8 Å². The van der Waals surface area contributed by atoms with Crippen molar-refractivity contribution in [1.29, 1.82) is 0 Å². The van der Waals surface area contributed by atoms with E-state index in [1.54, 1.807) is 0 Å². The summed E-state index contributed by atoms with van der Waals surface area (Å²) in [6.45, 7) is 4.45. The average Bonchev–Trinajstić information content (AvgIpc) is 2.20. The summed E-state index contributed by atoms with van der Waals surface area (Å²) in [7, 11) is 0. The van der Waals surface area contributed by atoms with Crippen molar-refractivity contribution < 1.29 is 4.79 Å². The Kier molecular flexibility index (Phi) is 1.39. The molecule has 0 aliphatic heterocycles. The van der Waals surface area contributed by atoms with E-state index in [0.717, 1.165) is 24.7 Å². The first-order valence-electron chi connectivity index (χ1n) is 4.65. The SMILES string of the molecule is C[C@@H]1CC[C@@]2(C)C[C@@H]1CC2=O. The maximum atomic E-state index is 11.5. The Hall–Kier alpha value is -0.330. The smallest absolute Gasteiger partial charge is 0.139 e. The molecular formula is C10H16O. The maximum Gasteiger partial charge on any atom is 0.139 e. The highest BCUT2D eigenvalue weighted by Crippen LogP contribution is 2.50. The van der Waals surface area contributed by atoms with Crippen molar-refractivity contribution in [3.63, 3.8) is 0 Å². The second-order valence-corrected chi connectivity index (χ2v) is 4.67. The lowest BCUT2D eigenvalue weighted by molar-refractivity contribution is -0.125. The van der Waals surface area contributed by atoms with Crippen LogP contribution >= 0.6 is 0 Å². The fraction of sp³-hybridized carbons (Fsp3) is 0.900. The van der Waals surface area contributed by atoms with E-state index in [-0.39, 0.29) is 5.41 Å². The van der Waals surface area contributed by atoms with Gasteiger partial charge in [0.15, 0.2) is 0 Å². The molecule has 0 heterocycles. The molecule has 0 N–H and O–H groups in total. The molecule has 2 aliphatic rings. The molecule has 0 radical (unpaired) electrons. The summed E-state index contributed by atoms with van der Waals surface area (Å²) in [6, 6.07) is 0. The molecule has 0 spiro atoms. The summed E-state index contributed by atoms with van der Waals surface area (Å²) in [5, 5.41) is 0. The van der Waals surface area contributed by atoms with Crippen molar-refractivity contribution in [2.75, 3.05) is 0 Å². The van der Waals surface area contributed by atoms with Gasteiger partial charge in [-0.05, 0) is 31.1 Å². The summed E-state index contributed by atoms with van der Waals surface area (Å²) in [5.41, 5.74) is 0.0944. The molecule has 1 heteroatoms. The van der Waals surface area contributed by atoms with Gasteiger partial charge in [-0.1, -0.05) is 13.8 Å². The summed E-state index contributed by atoms with van der Waals surface area (Å²) in [4.78, 5) is 11.5. The summed E-state index contributed by atoms with van der Waals surface area (Å²) in [5.74, 6) is 2.06. The average molecular weight is 152 g/mol. The largest absolute Gasteiger partial charge is 0.299 e. The molecule has 0 aromatic rings. The van der Waals surface area contributed by atoms with E-state index >= 15 is 0 Å². The first-order valence-corrected chi connectivity index (χ1v) is 4.65. The molecule has 0 unspecified atom stereocenters. The third-order valence-electron chi connectivity index (χ3n) is 3.79. The Bertz CT molecular complexity index is 197. The number of rotatable bonds is 0. The van der Waals surface area contributed by atoms with E-state index in [0.29, 0.717) is 5.78 Å². The monoisotopic (exact) mass is 152 g/mol. The topological polar surface area (TPSA) is 17.1 Å². The lowest BCUT2D eigenvalue weighted by Crippen LogP contribution is -2.25. The van der Waals surface area contributed by atoms with Crippen LogP contribution in [0.1, 0.15) is 39.5 Å². The number of fused-ring (bicyclic) bond motifs is 2. The van der Waals surface area contributed by atoms with Gasteiger partial charge in [0.1, 0.15) is 5.78 Å². The van der Waals surface area contributed by atoms with E-state index in [1.807, 2.05) is 0 Å². The fourth-order valence-corrected chi connectivity index (χ4v) is 2.68. The van der Waals surface area contributed by atoms with Crippen LogP contribution in [0.15, 0.2) is 0 Å². The van der Waals surface area contributed by atoms with Crippen LogP contribution in [0.5, 0.6) is 0 Å². The van der Waals surface area contributed by atoms with Gasteiger partial charge in [0.2, 0.25) is 0 Å². The lowest BCUT2D eigenvalue weighted by atomic mass is 9.73. The quantitative estimate of drug-likeness (QED) is 0.521. The molecule has 62 valence electrons. The van der Waals surface area contributed by atoms with Gasteiger partial charge in [-0.25, -0.2) is 0 Å². The highest BCUT2D eigenvalue weighted by molar-refractivity contribution is 5.87. The van der Waals surface area contributed by atoms with Crippen molar-refractivity contribution in [1.82, 2.24) is 0 Å². The van der Waals surface area contributed by atoms with Gasteiger partial charge in [0.05, 0.1) is 0 Å². The van der Waals surface area contributed by atoms with Gasteiger partial charge in [-0.15, -0.1) is 0 Å². The highest BCUT2D eigenvalue weighted by Gasteiger charge is 2.47. The summed E-state index contributed by atoms with van der Waals surface area (Å²) >= 11 is 0. The van der Waals surface area contributed by atoms with Gasteiger partial charge >= 0.3 is 0 Å². The normalized spacial score (nSPS) is 49.8. The molecule has 1 nitrogen and oxygen atoms in total. The summed E-state index contributed by atoms with van der Waals surface area (Å²) in [6.07, 6.45) is 4.46. The Morgan fingerprint density at radius 3 is 2.91 bits per heavy atom. The molecule has 2 bridgehead atoms. The van der Waals surface area contributed by atoms with Crippen LogP contribution in [0.4, 0.5) is 0 Å².